The fourth-order valence-electron chi connectivity index (χ4n) is 0.777. The van der Waals surface area contributed by atoms with Gasteiger partial charge in [0.05, 0.1) is 6.42 Å². The van der Waals surface area contributed by atoms with E-state index in [9.17, 15) is 9.18 Å². The molecule has 3 nitrogen and oxygen atoms in total. The van der Waals surface area contributed by atoms with E-state index in [1.807, 2.05) is 0 Å². The minimum atomic E-state index is -0.664. The fraction of sp³-hybridized carbons (Fsp3) is 0.143. The number of aromatic nitrogens is 1. The van der Waals surface area contributed by atoms with E-state index in [1.54, 1.807) is 6.07 Å². The molecule has 0 aromatic carbocycles. The Labute approximate surface area is 76.9 Å². The SMILES string of the molecule is NC(=O)Cc1c(Br)ccnc1F. The van der Waals surface area contributed by atoms with Gasteiger partial charge in [0.2, 0.25) is 11.9 Å². The van der Waals surface area contributed by atoms with Crippen molar-refractivity contribution >= 4 is 21.8 Å². The Bertz CT molecular complexity index is 296. The zero-order valence-corrected chi connectivity index (χ0v) is 7.64. The number of primary amides is 1. The molecule has 1 amide bonds. The van der Waals surface area contributed by atoms with Gasteiger partial charge in [0.25, 0.3) is 0 Å². The van der Waals surface area contributed by atoms with Crippen LogP contribution in [-0.4, -0.2) is 10.9 Å². The van der Waals surface area contributed by atoms with Crippen LogP contribution in [-0.2, 0) is 11.2 Å². The summed E-state index contributed by atoms with van der Waals surface area (Å²) in [4.78, 5) is 13.9. The summed E-state index contributed by atoms with van der Waals surface area (Å²) in [6.07, 6.45) is 1.17. The smallest absolute Gasteiger partial charge is 0.222 e. The monoisotopic (exact) mass is 232 g/mol. The number of amides is 1. The first-order valence-corrected chi connectivity index (χ1v) is 3.97. The Kier molecular flexibility index (Phi) is 2.75. The van der Waals surface area contributed by atoms with Crippen LogP contribution in [0.3, 0.4) is 0 Å². The van der Waals surface area contributed by atoms with E-state index in [1.165, 1.54) is 6.20 Å². The van der Waals surface area contributed by atoms with E-state index in [0.29, 0.717) is 4.47 Å². The van der Waals surface area contributed by atoms with Crippen LogP contribution in [0.5, 0.6) is 0 Å². The lowest BCUT2D eigenvalue weighted by atomic mass is 10.2. The van der Waals surface area contributed by atoms with Crippen molar-refractivity contribution in [1.82, 2.24) is 4.98 Å². The summed E-state index contributed by atoms with van der Waals surface area (Å²) >= 11 is 3.09. The van der Waals surface area contributed by atoms with Crippen LogP contribution in [0.25, 0.3) is 0 Å². The average molecular weight is 233 g/mol. The van der Waals surface area contributed by atoms with Gasteiger partial charge in [-0.15, -0.1) is 0 Å². The maximum atomic E-state index is 12.9. The predicted molar refractivity (Wildman–Crippen MR) is 44.8 cm³/mol. The molecule has 0 spiro atoms. The molecular formula is C7H6BrFN2O. The van der Waals surface area contributed by atoms with Crippen LogP contribution in [0.2, 0.25) is 0 Å². The molecule has 1 aromatic rings. The summed E-state index contributed by atoms with van der Waals surface area (Å²) in [5.74, 6) is -1.24. The van der Waals surface area contributed by atoms with E-state index in [2.05, 4.69) is 20.9 Å². The second-order valence-electron chi connectivity index (χ2n) is 2.21. The second-order valence-corrected chi connectivity index (χ2v) is 3.06. The first-order chi connectivity index (χ1) is 5.61. The first kappa shape index (κ1) is 9.12. The number of hydrogen-bond acceptors (Lipinski definition) is 2. The Morgan fingerprint density at radius 3 is 2.92 bits per heavy atom. The summed E-state index contributed by atoms with van der Waals surface area (Å²) < 4.78 is 13.4. The topological polar surface area (TPSA) is 56.0 Å². The molecule has 0 unspecified atom stereocenters. The third kappa shape index (κ3) is 2.01. The molecule has 0 aliphatic rings. The third-order valence-corrected chi connectivity index (χ3v) is 2.04. The van der Waals surface area contributed by atoms with Gasteiger partial charge in [-0.1, -0.05) is 15.9 Å². The predicted octanol–water partition coefficient (Wildman–Crippen LogP) is 1.01. The molecule has 0 saturated carbocycles. The quantitative estimate of drug-likeness (QED) is 0.775. The molecule has 0 bridgehead atoms. The first-order valence-electron chi connectivity index (χ1n) is 3.18. The Hall–Kier alpha value is -0.970. The number of nitrogens with two attached hydrogens (primary N) is 1. The van der Waals surface area contributed by atoms with E-state index in [4.69, 9.17) is 5.73 Å². The van der Waals surface area contributed by atoms with E-state index in [-0.39, 0.29) is 12.0 Å². The van der Waals surface area contributed by atoms with Crippen molar-refractivity contribution in [2.45, 2.75) is 6.42 Å². The number of carbonyl (C=O) groups excluding carboxylic acids is 1. The molecule has 0 saturated heterocycles. The van der Waals surface area contributed by atoms with Crippen LogP contribution < -0.4 is 5.73 Å². The average Bonchev–Trinajstić information content (AvgIpc) is 1.97. The lowest BCUT2D eigenvalue weighted by Crippen LogP contribution is -2.15. The Balaban J connectivity index is 3.04. The Morgan fingerprint density at radius 2 is 2.42 bits per heavy atom. The van der Waals surface area contributed by atoms with Gasteiger partial charge in [-0.05, 0) is 6.07 Å². The normalized spacial score (nSPS) is 9.83. The minimum Gasteiger partial charge on any atom is -0.369 e. The largest absolute Gasteiger partial charge is 0.369 e. The number of halogens is 2. The van der Waals surface area contributed by atoms with Crippen LogP contribution >= 0.6 is 15.9 Å². The van der Waals surface area contributed by atoms with E-state index in [0.717, 1.165) is 0 Å². The van der Waals surface area contributed by atoms with Crippen LogP contribution in [0, 0.1) is 5.95 Å². The maximum Gasteiger partial charge on any atom is 0.222 e. The lowest BCUT2D eigenvalue weighted by Gasteiger charge is -2.00. The van der Waals surface area contributed by atoms with Gasteiger partial charge in [0.1, 0.15) is 0 Å². The lowest BCUT2D eigenvalue weighted by molar-refractivity contribution is -0.117. The molecule has 1 aromatic heterocycles. The van der Waals surface area contributed by atoms with Gasteiger partial charge in [0.15, 0.2) is 0 Å². The maximum absolute atomic E-state index is 12.9. The van der Waals surface area contributed by atoms with E-state index >= 15 is 0 Å². The molecule has 0 atom stereocenters. The van der Waals surface area contributed by atoms with Crippen LogP contribution in [0.15, 0.2) is 16.7 Å². The molecule has 1 heterocycles. The third-order valence-electron chi connectivity index (χ3n) is 1.30. The second kappa shape index (κ2) is 3.62. The molecular weight excluding hydrogens is 227 g/mol. The number of rotatable bonds is 2. The van der Waals surface area contributed by atoms with Crippen molar-refractivity contribution in [2.24, 2.45) is 5.73 Å². The number of carbonyl (C=O) groups is 1. The zero-order valence-electron chi connectivity index (χ0n) is 6.05. The van der Waals surface area contributed by atoms with Crippen LogP contribution in [0.1, 0.15) is 5.56 Å². The minimum absolute atomic E-state index is 0.139. The van der Waals surface area contributed by atoms with Crippen molar-refractivity contribution in [3.8, 4) is 0 Å². The Morgan fingerprint density at radius 1 is 1.75 bits per heavy atom. The standard InChI is InChI=1S/C7H6BrFN2O/c8-5-1-2-11-7(9)4(5)3-6(10)12/h1-2H,3H2,(H2,10,12). The summed E-state index contributed by atoms with van der Waals surface area (Å²) in [6.45, 7) is 0. The van der Waals surface area contributed by atoms with Crippen molar-refractivity contribution < 1.29 is 9.18 Å². The molecule has 0 aliphatic heterocycles. The molecule has 12 heavy (non-hydrogen) atoms. The van der Waals surface area contributed by atoms with Gasteiger partial charge >= 0.3 is 0 Å². The molecule has 0 radical (unpaired) electrons. The van der Waals surface area contributed by atoms with Gasteiger partial charge < -0.3 is 5.73 Å². The molecule has 5 heteroatoms. The van der Waals surface area contributed by atoms with Crippen molar-refractivity contribution in [2.75, 3.05) is 0 Å². The summed E-state index contributed by atoms with van der Waals surface area (Å²) in [7, 11) is 0. The van der Waals surface area contributed by atoms with Crippen LogP contribution in [0.4, 0.5) is 4.39 Å². The van der Waals surface area contributed by atoms with Crippen molar-refractivity contribution in [3.63, 3.8) is 0 Å². The van der Waals surface area contributed by atoms with Gasteiger partial charge in [-0.2, -0.15) is 4.39 Å². The van der Waals surface area contributed by atoms with Crippen molar-refractivity contribution in [3.05, 3.63) is 28.2 Å². The molecule has 2 N–H and O–H groups in total. The molecule has 0 aliphatic carbocycles. The zero-order chi connectivity index (χ0) is 9.14. The molecule has 1 rings (SSSR count). The highest BCUT2D eigenvalue weighted by Gasteiger charge is 2.09. The number of pyridine rings is 1. The summed E-state index contributed by atoms with van der Waals surface area (Å²) in [5, 5.41) is 0. The summed E-state index contributed by atoms with van der Waals surface area (Å²) in [5.41, 5.74) is 5.11. The van der Waals surface area contributed by atoms with Gasteiger partial charge in [-0.25, -0.2) is 4.98 Å². The van der Waals surface area contributed by atoms with Gasteiger partial charge in [-0.3, -0.25) is 4.79 Å². The van der Waals surface area contributed by atoms with Crippen molar-refractivity contribution in [1.29, 1.82) is 0 Å². The molecule has 64 valence electrons. The summed E-state index contributed by atoms with van der Waals surface area (Å²) in [6, 6.07) is 1.56. The highest BCUT2D eigenvalue weighted by molar-refractivity contribution is 9.10. The fourth-order valence-corrected chi connectivity index (χ4v) is 1.20. The number of hydrogen-bond donors (Lipinski definition) is 1. The molecule has 0 fully saturated rings. The van der Waals surface area contributed by atoms with Gasteiger partial charge in [0, 0.05) is 16.2 Å². The van der Waals surface area contributed by atoms with E-state index < -0.39 is 11.9 Å². The highest BCUT2D eigenvalue weighted by atomic mass is 79.9. The number of nitrogens with zero attached hydrogens (tertiary/aromatic N) is 1. The highest BCUT2D eigenvalue weighted by Crippen LogP contribution is 2.17.